The van der Waals surface area contributed by atoms with E-state index in [9.17, 15) is 0 Å². The second-order valence-electron chi connectivity index (χ2n) is 3.63. The molecule has 0 aliphatic rings. The Labute approximate surface area is 123 Å². The fourth-order valence-electron chi connectivity index (χ4n) is 1.34. The fraction of sp³-hybridized carbons (Fsp3) is 0.0909. The molecule has 0 fully saturated rings. The molecule has 0 saturated carbocycles. The van der Waals surface area contributed by atoms with Gasteiger partial charge in [-0.2, -0.15) is 0 Å². The summed E-state index contributed by atoms with van der Waals surface area (Å²) in [5.74, 6) is 0.440. The van der Waals surface area contributed by atoms with Crippen molar-refractivity contribution in [2.75, 3.05) is 11.1 Å². The number of nitrogens with two attached hydrogens (primary N) is 1. The van der Waals surface area contributed by atoms with Crippen LogP contribution < -0.4 is 11.1 Å². The van der Waals surface area contributed by atoms with Crippen LogP contribution in [0.5, 0.6) is 0 Å². The van der Waals surface area contributed by atoms with Gasteiger partial charge in [0.15, 0.2) is 11.0 Å². The molecule has 0 aliphatic carbocycles. The first-order valence-corrected chi connectivity index (χ1v) is 6.52. The summed E-state index contributed by atoms with van der Waals surface area (Å²) < 4.78 is 0.860. The Kier molecular flexibility index (Phi) is 3.94. The monoisotopic (exact) mass is 346 g/mol. The zero-order chi connectivity index (χ0) is 13.3. The highest BCUT2D eigenvalue weighted by Gasteiger charge is 2.09. The maximum Gasteiger partial charge on any atom is 0.158 e. The lowest BCUT2D eigenvalue weighted by Crippen LogP contribution is -2.01. The van der Waals surface area contributed by atoms with Crippen molar-refractivity contribution in [1.29, 1.82) is 0 Å². The van der Waals surface area contributed by atoms with Crippen molar-refractivity contribution in [3.8, 4) is 0 Å². The maximum absolute atomic E-state index is 6.07. The van der Waals surface area contributed by atoms with Crippen LogP contribution in [0.2, 0.25) is 10.2 Å². The number of nitrogens with zero attached hydrogens (tertiary/aromatic N) is 2. The Morgan fingerprint density at radius 1 is 1.28 bits per heavy atom. The molecule has 0 unspecified atom stereocenters. The van der Waals surface area contributed by atoms with Crippen molar-refractivity contribution in [3.05, 3.63) is 38.7 Å². The minimum absolute atomic E-state index is 0.210. The highest BCUT2D eigenvalue weighted by Crippen LogP contribution is 2.33. The number of aromatic nitrogens is 2. The highest BCUT2D eigenvalue weighted by atomic mass is 79.9. The lowest BCUT2D eigenvalue weighted by atomic mass is 10.2. The number of aryl methyl sites for hydroxylation is 1. The van der Waals surface area contributed by atoms with E-state index < -0.39 is 0 Å². The molecule has 0 amide bonds. The van der Waals surface area contributed by atoms with Crippen LogP contribution in [-0.2, 0) is 0 Å². The van der Waals surface area contributed by atoms with E-state index in [0.717, 1.165) is 15.7 Å². The molecule has 1 heterocycles. The molecule has 7 heteroatoms. The zero-order valence-electron chi connectivity index (χ0n) is 9.34. The first kappa shape index (κ1) is 13.4. The largest absolute Gasteiger partial charge is 0.393 e. The number of halogens is 3. The van der Waals surface area contributed by atoms with Crippen LogP contribution >= 0.6 is 39.1 Å². The van der Waals surface area contributed by atoms with Gasteiger partial charge in [0.05, 0.1) is 5.69 Å². The Bertz CT molecular complexity index is 604. The molecule has 0 radical (unpaired) electrons. The minimum atomic E-state index is 0.210. The van der Waals surface area contributed by atoms with Crippen LogP contribution in [0.25, 0.3) is 0 Å². The predicted octanol–water partition coefficient (Wildman–Crippen LogP) is 4.18. The van der Waals surface area contributed by atoms with Crippen LogP contribution in [0.1, 0.15) is 5.56 Å². The van der Waals surface area contributed by atoms with Gasteiger partial charge in [0, 0.05) is 9.50 Å². The van der Waals surface area contributed by atoms with Crippen LogP contribution in [0, 0.1) is 6.92 Å². The molecule has 94 valence electrons. The van der Waals surface area contributed by atoms with Crippen molar-refractivity contribution in [2.24, 2.45) is 0 Å². The number of anilines is 3. The number of hydrogen-bond acceptors (Lipinski definition) is 4. The second kappa shape index (κ2) is 5.30. The Balaban J connectivity index is 2.40. The predicted molar refractivity (Wildman–Crippen MR) is 78.6 cm³/mol. The smallest absolute Gasteiger partial charge is 0.158 e. The summed E-state index contributed by atoms with van der Waals surface area (Å²) in [6.45, 7) is 1.92. The van der Waals surface area contributed by atoms with Crippen LogP contribution in [0.4, 0.5) is 17.2 Å². The van der Waals surface area contributed by atoms with Crippen molar-refractivity contribution in [1.82, 2.24) is 9.97 Å². The molecule has 3 N–H and O–H groups in total. The number of benzene rings is 1. The van der Waals surface area contributed by atoms with E-state index in [1.54, 1.807) is 6.07 Å². The van der Waals surface area contributed by atoms with Gasteiger partial charge in [0.2, 0.25) is 0 Å². The lowest BCUT2D eigenvalue weighted by molar-refractivity contribution is 1.17. The van der Waals surface area contributed by atoms with Crippen molar-refractivity contribution >= 4 is 56.3 Å². The number of hydrogen-bond donors (Lipinski definition) is 2. The Hall–Kier alpha value is -1.04. The minimum Gasteiger partial charge on any atom is -0.393 e. The Morgan fingerprint density at radius 2 is 2.00 bits per heavy atom. The summed E-state index contributed by atoms with van der Waals surface area (Å²) in [7, 11) is 0. The second-order valence-corrected chi connectivity index (χ2v) is 5.25. The standard InChI is InChI=1S/C11H9BrCl2N4/c1-5-2-6(12)8(3-7(5)13)18-11-9(15)10(14)16-4-17-11/h2-4H,15H2,1H3,(H,16,17,18). The van der Waals surface area contributed by atoms with Gasteiger partial charge in [0.1, 0.15) is 12.0 Å². The van der Waals surface area contributed by atoms with E-state index in [1.807, 2.05) is 13.0 Å². The van der Waals surface area contributed by atoms with E-state index in [4.69, 9.17) is 28.9 Å². The van der Waals surface area contributed by atoms with Crippen LogP contribution in [0.3, 0.4) is 0 Å². The number of rotatable bonds is 2. The molecular formula is C11H9BrCl2N4. The van der Waals surface area contributed by atoms with E-state index in [-0.39, 0.29) is 5.15 Å². The molecule has 2 rings (SSSR count). The normalized spacial score (nSPS) is 10.4. The Morgan fingerprint density at radius 3 is 2.72 bits per heavy atom. The highest BCUT2D eigenvalue weighted by molar-refractivity contribution is 9.10. The SMILES string of the molecule is Cc1cc(Br)c(Nc2ncnc(Cl)c2N)cc1Cl. The number of nitrogen functional groups attached to an aromatic ring is 1. The molecule has 4 nitrogen and oxygen atoms in total. The van der Waals surface area contributed by atoms with Gasteiger partial charge in [0.25, 0.3) is 0 Å². The average Bonchev–Trinajstić information content (AvgIpc) is 2.32. The van der Waals surface area contributed by atoms with Crippen LogP contribution in [-0.4, -0.2) is 9.97 Å². The number of nitrogens with one attached hydrogen (secondary N) is 1. The first-order valence-electron chi connectivity index (χ1n) is 4.97. The van der Waals surface area contributed by atoms with Crippen molar-refractivity contribution < 1.29 is 0 Å². The third-order valence-corrected chi connectivity index (χ3v) is 3.70. The molecular weight excluding hydrogens is 339 g/mol. The summed E-state index contributed by atoms with van der Waals surface area (Å²) in [5.41, 5.74) is 7.81. The molecule has 0 saturated heterocycles. The quantitative estimate of drug-likeness (QED) is 0.800. The molecule has 18 heavy (non-hydrogen) atoms. The van der Waals surface area contributed by atoms with Gasteiger partial charge in [-0.25, -0.2) is 9.97 Å². The molecule has 1 aromatic heterocycles. The summed E-state index contributed by atoms with van der Waals surface area (Å²) >= 11 is 15.3. The van der Waals surface area contributed by atoms with Gasteiger partial charge >= 0.3 is 0 Å². The van der Waals surface area contributed by atoms with Gasteiger partial charge in [-0.3, -0.25) is 0 Å². The summed E-state index contributed by atoms with van der Waals surface area (Å²) in [6, 6.07) is 3.69. The van der Waals surface area contributed by atoms with Crippen LogP contribution in [0.15, 0.2) is 22.9 Å². The molecule has 2 aromatic rings. The van der Waals surface area contributed by atoms with E-state index in [0.29, 0.717) is 16.5 Å². The van der Waals surface area contributed by atoms with Gasteiger partial charge in [-0.15, -0.1) is 0 Å². The summed E-state index contributed by atoms with van der Waals surface area (Å²) in [5, 5.41) is 3.92. The zero-order valence-corrected chi connectivity index (χ0v) is 12.4. The molecule has 0 spiro atoms. The molecule has 0 aliphatic heterocycles. The van der Waals surface area contributed by atoms with Gasteiger partial charge in [-0.05, 0) is 40.5 Å². The first-order chi connectivity index (χ1) is 8.49. The topological polar surface area (TPSA) is 63.8 Å². The molecule has 0 bridgehead atoms. The molecule has 0 atom stereocenters. The third-order valence-electron chi connectivity index (χ3n) is 2.34. The fourth-order valence-corrected chi connectivity index (χ4v) is 2.20. The third kappa shape index (κ3) is 2.68. The summed E-state index contributed by atoms with van der Waals surface area (Å²) in [6.07, 6.45) is 1.34. The maximum atomic E-state index is 6.07. The van der Waals surface area contributed by atoms with E-state index >= 15 is 0 Å². The van der Waals surface area contributed by atoms with Crippen molar-refractivity contribution in [2.45, 2.75) is 6.92 Å². The van der Waals surface area contributed by atoms with E-state index in [1.165, 1.54) is 6.33 Å². The van der Waals surface area contributed by atoms with E-state index in [2.05, 4.69) is 31.2 Å². The summed E-state index contributed by atoms with van der Waals surface area (Å²) in [4.78, 5) is 7.82. The van der Waals surface area contributed by atoms with Gasteiger partial charge in [-0.1, -0.05) is 23.2 Å². The molecule has 1 aromatic carbocycles. The van der Waals surface area contributed by atoms with Gasteiger partial charge < -0.3 is 11.1 Å². The lowest BCUT2D eigenvalue weighted by Gasteiger charge is -2.11. The van der Waals surface area contributed by atoms with Crippen molar-refractivity contribution in [3.63, 3.8) is 0 Å². The average molecular weight is 348 g/mol.